The second-order valence-corrected chi connectivity index (χ2v) is 11.5. The van der Waals surface area contributed by atoms with Crippen LogP contribution in [0.3, 0.4) is 0 Å². The monoisotopic (exact) mass is 428 g/mol. The van der Waals surface area contributed by atoms with E-state index in [0.717, 1.165) is 38.3 Å². The molecule has 1 aromatic carbocycles. The highest BCUT2D eigenvalue weighted by molar-refractivity contribution is 7.89. The van der Waals surface area contributed by atoms with Gasteiger partial charge in [-0.05, 0) is 84.9 Å². The van der Waals surface area contributed by atoms with Gasteiger partial charge in [-0.1, -0.05) is 12.8 Å². The molecule has 1 aliphatic rings. The summed E-state index contributed by atoms with van der Waals surface area (Å²) in [7, 11) is -3.77. The first-order valence-corrected chi connectivity index (χ1v) is 12.1. The van der Waals surface area contributed by atoms with E-state index in [1.54, 1.807) is 0 Å². The van der Waals surface area contributed by atoms with Crippen molar-refractivity contribution in [1.29, 1.82) is 0 Å². The van der Waals surface area contributed by atoms with Crippen LogP contribution in [0.25, 0.3) is 0 Å². The molecule has 0 bridgehead atoms. The molecule has 1 saturated carbocycles. The van der Waals surface area contributed by atoms with Crippen LogP contribution >= 0.6 is 0 Å². The molecule has 0 aromatic heterocycles. The van der Waals surface area contributed by atoms with Crippen LogP contribution in [0.2, 0.25) is 0 Å². The van der Waals surface area contributed by atoms with Crippen molar-refractivity contribution in [2.75, 3.05) is 13.2 Å². The van der Waals surface area contributed by atoms with Gasteiger partial charge >= 0.3 is 0 Å². The smallest absolute Gasteiger partial charge is 0.241 e. The highest BCUT2D eigenvalue weighted by atomic mass is 32.2. The lowest BCUT2D eigenvalue weighted by Crippen LogP contribution is -2.43. The number of halogens is 1. The lowest BCUT2D eigenvalue weighted by molar-refractivity contribution is 0.175. The SMILES string of the molecule is CC(C)(C)NCCCCC(C)(C)NS(=O)(=O)c1ccc(F)c(OCC2CCC2)c1. The minimum absolute atomic E-state index is 0.00540. The summed E-state index contributed by atoms with van der Waals surface area (Å²) in [6, 6.07) is 3.74. The van der Waals surface area contributed by atoms with Gasteiger partial charge in [0.1, 0.15) is 0 Å². The fourth-order valence-electron chi connectivity index (χ4n) is 3.26. The first-order chi connectivity index (χ1) is 13.4. The van der Waals surface area contributed by atoms with Crippen molar-refractivity contribution >= 4 is 10.0 Å². The van der Waals surface area contributed by atoms with E-state index < -0.39 is 21.4 Å². The summed E-state index contributed by atoms with van der Waals surface area (Å²) in [4.78, 5) is 0.0324. The van der Waals surface area contributed by atoms with Crippen molar-refractivity contribution in [2.24, 2.45) is 5.92 Å². The van der Waals surface area contributed by atoms with E-state index in [1.807, 2.05) is 13.8 Å². The zero-order valence-electron chi connectivity index (χ0n) is 18.5. The predicted octanol–water partition coefficient (Wildman–Crippen LogP) is 4.62. The van der Waals surface area contributed by atoms with Crippen molar-refractivity contribution in [2.45, 2.75) is 89.1 Å². The van der Waals surface area contributed by atoms with Gasteiger partial charge in [0.25, 0.3) is 0 Å². The number of hydrogen-bond donors (Lipinski definition) is 2. The second kappa shape index (κ2) is 9.75. The molecule has 5 nitrogen and oxygen atoms in total. The maximum Gasteiger partial charge on any atom is 0.241 e. The second-order valence-electron chi connectivity index (χ2n) is 9.82. The van der Waals surface area contributed by atoms with Gasteiger partial charge in [-0.3, -0.25) is 0 Å². The van der Waals surface area contributed by atoms with E-state index in [0.29, 0.717) is 18.9 Å². The molecule has 0 atom stereocenters. The fraction of sp³-hybridized carbons (Fsp3) is 0.727. The summed E-state index contributed by atoms with van der Waals surface area (Å²) in [6.07, 6.45) is 5.93. The Morgan fingerprint density at radius 2 is 1.83 bits per heavy atom. The van der Waals surface area contributed by atoms with Crippen LogP contribution in [-0.4, -0.2) is 32.6 Å². The third kappa shape index (κ3) is 8.22. The number of rotatable bonds is 11. The zero-order chi connectivity index (χ0) is 21.7. The Balaban J connectivity index is 1.92. The summed E-state index contributed by atoms with van der Waals surface area (Å²) in [5, 5.41) is 3.43. The molecular weight excluding hydrogens is 391 g/mol. The molecule has 1 fully saturated rings. The summed E-state index contributed by atoms with van der Waals surface area (Å²) in [5.41, 5.74) is -0.514. The number of sulfonamides is 1. The van der Waals surface area contributed by atoms with E-state index in [1.165, 1.54) is 18.6 Å². The molecule has 166 valence electrons. The lowest BCUT2D eigenvalue weighted by atomic mass is 9.86. The molecule has 0 spiro atoms. The van der Waals surface area contributed by atoms with Crippen LogP contribution in [0.15, 0.2) is 23.1 Å². The van der Waals surface area contributed by atoms with E-state index in [2.05, 4.69) is 30.8 Å². The largest absolute Gasteiger partial charge is 0.490 e. The van der Waals surface area contributed by atoms with Gasteiger partial charge in [-0.2, -0.15) is 0 Å². The Morgan fingerprint density at radius 1 is 1.14 bits per heavy atom. The molecule has 0 saturated heterocycles. The Labute approximate surface area is 175 Å². The molecule has 0 amide bonds. The Morgan fingerprint density at radius 3 is 2.41 bits per heavy atom. The number of ether oxygens (including phenoxy) is 1. The molecule has 0 radical (unpaired) electrons. The van der Waals surface area contributed by atoms with Crippen LogP contribution in [0, 0.1) is 11.7 Å². The average molecular weight is 429 g/mol. The summed E-state index contributed by atoms with van der Waals surface area (Å²) in [5.74, 6) is -0.0841. The van der Waals surface area contributed by atoms with E-state index in [-0.39, 0.29) is 16.2 Å². The number of unbranched alkanes of at least 4 members (excludes halogenated alkanes) is 1. The summed E-state index contributed by atoms with van der Waals surface area (Å²) < 4.78 is 48.0. The Bertz CT molecular complexity index is 769. The molecule has 1 aromatic rings. The van der Waals surface area contributed by atoms with Crippen LogP contribution in [0.1, 0.15) is 73.1 Å². The molecule has 29 heavy (non-hydrogen) atoms. The Hall–Kier alpha value is -1.18. The standard InChI is InChI=1S/C22H37FN2O3S/c1-21(2,3)24-14-7-6-13-22(4,5)25-29(26,27)18-11-12-19(23)20(15-18)28-16-17-9-8-10-17/h11-12,15,17,24-25H,6-10,13-14,16H2,1-5H3. The summed E-state index contributed by atoms with van der Waals surface area (Å²) >= 11 is 0. The van der Waals surface area contributed by atoms with Crippen molar-refractivity contribution < 1.29 is 17.5 Å². The number of hydrogen-bond acceptors (Lipinski definition) is 4. The maximum atomic E-state index is 14.0. The minimum Gasteiger partial charge on any atom is -0.490 e. The zero-order valence-corrected chi connectivity index (χ0v) is 19.3. The van der Waals surface area contributed by atoms with Crippen molar-refractivity contribution in [1.82, 2.24) is 10.0 Å². The molecule has 2 N–H and O–H groups in total. The van der Waals surface area contributed by atoms with E-state index in [4.69, 9.17) is 4.74 Å². The predicted molar refractivity (Wildman–Crippen MR) is 115 cm³/mol. The number of benzene rings is 1. The highest BCUT2D eigenvalue weighted by Gasteiger charge is 2.27. The lowest BCUT2D eigenvalue weighted by Gasteiger charge is -2.27. The first kappa shape index (κ1) is 24.1. The summed E-state index contributed by atoms with van der Waals surface area (Å²) in [6.45, 7) is 11.4. The van der Waals surface area contributed by atoms with Gasteiger partial charge in [-0.25, -0.2) is 17.5 Å². The van der Waals surface area contributed by atoms with Gasteiger partial charge in [0.05, 0.1) is 11.5 Å². The van der Waals surface area contributed by atoms with Crippen LogP contribution < -0.4 is 14.8 Å². The molecule has 0 aliphatic heterocycles. The van der Waals surface area contributed by atoms with Crippen molar-refractivity contribution in [3.05, 3.63) is 24.0 Å². The van der Waals surface area contributed by atoms with Gasteiger partial charge in [-0.15, -0.1) is 0 Å². The first-order valence-electron chi connectivity index (χ1n) is 10.6. The van der Waals surface area contributed by atoms with Crippen molar-refractivity contribution in [3.8, 4) is 5.75 Å². The molecular formula is C22H37FN2O3S. The van der Waals surface area contributed by atoms with Gasteiger partial charge in [0, 0.05) is 17.1 Å². The fourth-order valence-corrected chi connectivity index (χ4v) is 4.71. The maximum absolute atomic E-state index is 14.0. The Kier molecular flexibility index (Phi) is 8.10. The number of nitrogens with one attached hydrogen (secondary N) is 2. The van der Waals surface area contributed by atoms with Crippen LogP contribution in [-0.2, 0) is 10.0 Å². The molecule has 0 unspecified atom stereocenters. The van der Waals surface area contributed by atoms with E-state index in [9.17, 15) is 12.8 Å². The highest BCUT2D eigenvalue weighted by Crippen LogP contribution is 2.29. The molecule has 0 heterocycles. The third-order valence-electron chi connectivity index (χ3n) is 5.21. The molecule has 1 aliphatic carbocycles. The van der Waals surface area contributed by atoms with Gasteiger partial charge in [0.15, 0.2) is 11.6 Å². The third-order valence-corrected chi connectivity index (χ3v) is 6.90. The molecule has 7 heteroatoms. The topological polar surface area (TPSA) is 67.4 Å². The van der Waals surface area contributed by atoms with E-state index >= 15 is 0 Å². The van der Waals surface area contributed by atoms with Gasteiger partial charge in [0.2, 0.25) is 10.0 Å². The minimum atomic E-state index is -3.77. The molecule has 2 rings (SSSR count). The van der Waals surface area contributed by atoms with Crippen LogP contribution in [0.4, 0.5) is 4.39 Å². The van der Waals surface area contributed by atoms with Crippen LogP contribution in [0.5, 0.6) is 5.75 Å². The van der Waals surface area contributed by atoms with Crippen molar-refractivity contribution in [3.63, 3.8) is 0 Å². The quantitative estimate of drug-likeness (QED) is 0.505. The normalized spacial score (nSPS) is 15.9. The van der Waals surface area contributed by atoms with Gasteiger partial charge < -0.3 is 10.1 Å². The average Bonchev–Trinajstić information content (AvgIpc) is 2.52.